The molecular weight excluding hydrogens is 496 g/mol. The molecule has 0 atom stereocenters. The maximum Gasteiger partial charge on any atom is 0.265 e. The first-order chi connectivity index (χ1) is 15.5. The van der Waals surface area contributed by atoms with Gasteiger partial charge in [-0.1, -0.05) is 47.1 Å². The normalized spacial score (nSPS) is 10.7. The number of carbonyl (C=O) groups is 1. The fourth-order valence-corrected chi connectivity index (χ4v) is 3.41. The van der Waals surface area contributed by atoms with E-state index in [-0.39, 0.29) is 12.5 Å². The molecule has 0 fully saturated rings. The number of carbonyl (C=O) groups excluding carboxylic acids is 1. The van der Waals surface area contributed by atoms with E-state index in [9.17, 15) is 4.79 Å². The number of para-hydroxylation sites is 1. The standard InChI is InChI=1S/C24H22BrClN2O4/c1-2-30-22-13-18(14-27-32-16-23(29)28-20-6-4-3-5-7-20)12-21(25)24(22)31-15-17-8-10-19(26)11-9-17/h3-14H,2,15-16H2,1H3,(H,28,29)/b27-14+. The van der Waals surface area contributed by atoms with E-state index in [1.807, 2.05) is 55.5 Å². The molecule has 0 heterocycles. The van der Waals surface area contributed by atoms with Crippen LogP contribution in [0.5, 0.6) is 11.5 Å². The molecule has 0 bridgehead atoms. The third kappa shape index (κ3) is 7.28. The summed E-state index contributed by atoms with van der Waals surface area (Å²) in [4.78, 5) is 17.0. The predicted octanol–water partition coefficient (Wildman–Crippen LogP) is 6.07. The number of rotatable bonds is 10. The molecule has 1 N–H and O–H groups in total. The predicted molar refractivity (Wildman–Crippen MR) is 130 cm³/mol. The maximum absolute atomic E-state index is 11.9. The first-order valence-corrected chi connectivity index (χ1v) is 11.1. The van der Waals surface area contributed by atoms with E-state index in [0.29, 0.717) is 39.9 Å². The number of benzene rings is 3. The number of ether oxygens (including phenoxy) is 2. The monoisotopic (exact) mass is 516 g/mol. The third-order valence-corrected chi connectivity index (χ3v) is 5.00. The van der Waals surface area contributed by atoms with Crippen LogP contribution in [-0.2, 0) is 16.2 Å². The average molecular weight is 518 g/mol. The van der Waals surface area contributed by atoms with Gasteiger partial charge in [-0.2, -0.15) is 0 Å². The number of nitrogens with one attached hydrogen (secondary N) is 1. The summed E-state index contributed by atoms with van der Waals surface area (Å²) >= 11 is 9.46. The number of anilines is 1. The Labute approximate surface area is 200 Å². The van der Waals surface area contributed by atoms with Crippen LogP contribution in [0, 0.1) is 0 Å². The smallest absolute Gasteiger partial charge is 0.265 e. The van der Waals surface area contributed by atoms with Crippen LogP contribution in [0.4, 0.5) is 5.69 Å². The fourth-order valence-electron chi connectivity index (χ4n) is 2.71. The average Bonchev–Trinajstić information content (AvgIpc) is 2.78. The highest BCUT2D eigenvalue weighted by Crippen LogP contribution is 2.37. The van der Waals surface area contributed by atoms with Crippen molar-refractivity contribution in [3.8, 4) is 11.5 Å². The van der Waals surface area contributed by atoms with Gasteiger partial charge in [0.1, 0.15) is 6.61 Å². The van der Waals surface area contributed by atoms with Gasteiger partial charge in [0.25, 0.3) is 5.91 Å². The van der Waals surface area contributed by atoms with Gasteiger partial charge in [0.05, 0.1) is 17.3 Å². The number of halogens is 2. The molecule has 6 nitrogen and oxygen atoms in total. The molecule has 3 aromatic carbocycles. The first-order valence-electron chi connectivity index (χ1n) is 9.89. The van der Waals surface area contributed by atoms with Gasteiger partial charge in [-0.3, -0.25) is 4.79 Å². The zero-order valence-corrected chi connectivity index (χ0v) is 19.7. The second-order valence-electron chi connectivity index (χ2n) is 6.60. The van der Waals surface area contributed by atoms with Crippen LogP contribution in [0.25, 0.3) is 0 Å². The maximum atomic E-state index is 11.9. The summed E-state index contributed by atoms with van der Waals surface area (Å²) in [5, 5.41) is 7.28. The summed E-state index contributed by atoms with van der Waals surface area (Å²) in [6, 6.07) is 20.2. The van der Waals surface area contributed by atoms with Gasteiger partial charge in [-0.05, 0) is 64.8 Å². The van der Waals surface area contributed by atoms with Crippen molar-refractivity contribution in [2.45, 2.75) is 13.5 Å². The molecule has 166 valence electrons. The molecule has 3 aromatic rings. The Bertz CT molecular complexity index is 1060. The lowest BCUT2D eigenvalue weighted by molar-refractivity contribution is -0.120. The first kappa shape index (κ1) is 23.6. The van der Waals surface area contributed by atoms with Crippen LogP contribution in [0.15, 0.2) is 76.4 Å². The molecule has 0 unspecified atom stereocenters. The largest absolute Gasteiger partial charge is 0.490 e. The zero-order valence-electron chi connectivity index (χ0n) is 17.4. The van der Waals surface area contributed by atoms with Crippen molar-refractivity contribution >= 4 is 45.3 Å². The molecular formula is C24H22BrClN2O4. The molecule has 8 heteroatoms. The van der Waals surface area contributed by atoms with Crippen LogP contribution in [-0.4, -0.2) is 25.3 Å². The highest BCUT2D eigenvalue weighted by atomic mass is 79.9. The Balaban J connectivity index is 1.60. The third-order valence-electron chi connectivity index (χ3n) is 4.16. The summed E-state index contributed by atoms with van der Waals surface area (Å²) in [7, 11) is 0. The van der Waals surface area contributed by atoms with Crippen LogP contribution in [0.1, 0.15) is 18.1 Å². The van der Waals surface area contributed by atoms with Gasteiger partial charge in [0, 0.05) is 16.3 Å². The van der Waals surface area contributed by atoms with Crippen molar-refractivity contribution in [2.24, 2.45) is 5.16 Å². The Morgan fingerprint density at radius 3 is 2.56 bits per heavy atom. The van der Waals surface area contributed by atoms with Crippen LogP contribution in [0.2, 0.25) is 5.02 Å². The van der Waals surface area contributed by atoms with Crippen molar-refractivity contribution < 1.29 is 19.1 Å². The van der Waals surface area contributed by atoms with Crippen molar-refractivity contribution in [3.63, 3.8) is 0 Å². The van der Waals surface area contributed by atoms with Crippen molar-refractivity contribution in [3.05, 3.63) is 87.4 Å². The molecule has 3 rings (SSSR count). The Morgan fingerprint density at radius 2 is 1.84 bits per heavy atom. The molecule has 0 aliphatic heterocycles. The summed E-state index contributed by atoms with van der Waals surface area (Å²) in [5.41, 5.74) is 2.41. The lowest BCUT2D eigenvalue weighted by Gasteiger charge is -2.14. The fraction of sp³-hybridized carbons (Fsp3) is 0.167. The zero-order chi connectivity index (χ0) is 22.8. The van der Waals surface area contributed by atoms with Crippen molar-refractivity contribution in [2.75, 3.05) is 18.5 Å². The van der Waals surface area contributed by atoms with Gasteiger partial charge < -0.3 is 19.6 Å². The van der Waals surface area contributed by atoms with Gasteiger partial charge in [-0.15, -0.1) is 0 Å². The van der Waals surface area contributed by atoms with Gasteiger partial charge >= 0.3 is 0 Å². The Morgan fingerprint density at radius 1 is 1.09 bits per heavy atom. The van der Waals surface area contributed by atoms with Crippen LogP contribution < -0.4 is 14.8 Å². The number of oxime groups is 1. The van der Waals surface area contributed by atoms with E-state index < -0.39 is 0 Å². The van der Waals surface area contributed by atoms with Crippen LogP contribution >= 0.6 is 27.5 Å². The molecule has 32 heavy (non-hydrogen) atoms. The second kappa shape index (κ2) is 12.1. The molecule has 0 aliphatic rings. The minimum absolute atomic E-state index is 0.201. The number of hydrogen-bond donors (Lipinski definition) is 1. The molecule has 0 saturated carbocycles. The summed E-state index contributed by atoms with van der Waals surface area (Å²) in [5.74, 6) is 0.858. The lowest BCUT2D eigenvalue weighted by Crippen LogP contribution is -2.16. The Kier molecular flexibility index (Phi) is 8.95. The molecule has 0 aliphatic carbocycles. The molecule has 0 aromatic heterocycles. The van der Waals surface area contributed by atoms with E-state index >= 15 is 0 Å². The number of amides is 1. The van der Waals surface area contributed by atoms with E-state index in [1.54, 1.807) is 18.2 Å². The van der Waals surface area contributed by atoms with Crippen LogP contribution in [0.3, 0.4) is 0 Å². The summed E-state index contributed by atoms with van der Waals surface area (Å²) < 4.78 is 12.4. The molecule has 0 radical (unpaired) electrons. The van der Waals surface area contributed by atoms with Gasteiger partial charge in [0.15, 0.2) is 18.1 Å². The van der Waals surface area contributed by atoms with E-state index in [1.165, 1.54) is 6.21 Å². The molecule has 0 spiro atoms. The van der Waals surface area contributed by atoms with Gasteiger partial charge in [0.2, 0.25) is 0 Å². The number of nitrogens with zero attached hydrogens (tertiary/aromatic N) is 1. The van der Waals surface area contributed by atoms with E-state index in [4.69, 9.17) is 25.9 Å². The van der Waals surface area contributed by atoms with Crippen molar-refractivity contribution in [1.82, 2.24) is 0 Å². The minimum atomic E-state index is -0.296. The Hall–Kier alpha value is -3.03. The minimum Gasteiger partial charge on any atom is -0.490 e. The second-order valence-corrected chi connectivity index (χ2v) is 7.89. The highest BCUT2D eigenvalue weighted by molar-refractivity contribution is 9.10. The summed E-state index contributed by atoms with van der Waals surface area (Å²) in [6.45, 7) is 2.53. The van der Waals surface area contributed by atoms with E-state index in [0.717, 1.165) is 11.1 Å². The molecule has 0 saturated heterocycles. The molecule has 1 amide bonds. The highest BCUT2D eigenvalue weighted by Gasteiger charge is 2.12. The quantitative estimate of drug-likeness (QED) is 0.262. The van der Waals surface area contributed by atoms with Crippen molar-refractivity contribution in [1.29, 1.82) is 0 Å². The topological polar surface area (TPSA) is 69.2 Å². The van der Waals surface area contributed by atoms with E-state index in [2.05, 4.69) is 26.4 Å². The SMILES string of the molecule is CCOc1cc(/C=N/OCC(=O)Nc2ccccc2)cc(Br)c1OCc1ccc(Cl)cc1. The number of hydrogen-bond acceptors (Lipinski definition) is 5. The summed E-state index contributed by atoms with van der Waals surface area (Å²) in [6.07, 6.45) is 1.51. The van der Waals surface area contributed by atoms with Gasteiger partial charge in [-0.25, -0.2) is 0 Å². The lowest BCUT2D eigenvalue weighted by atomic mass is 10.2.